The highest BCUT2D eigenvalue weighted by Gasteiger charge is 2.21. The van der Waals surface area contributed by atoms with Gasteiger partial charge in [-0.2, -0.15) is 0 Å². The van der Waals surface area contributed by atoms with Crippen molar-refractivity contribution < 1.29 is 5.11 Å². The van der Waals surface area contributed by atoms with Crippen molar-refractivity contribution in [3.05, 3.63) is 87.9 Å². The van der Waals surface area contributed by atoms with Gasteiger partial charge in [-0.1, -0.05) is 48.6 Å². The summed E-state index contributed by atoms with van der Waals surface area (Å²) in [6.45, 7) is 3.19. The summed E-state index contributed by atoms with van der Waals surface area (Å²) >= 11 is 0. The summed E-state index contributed by atoms with van der Waals surface area (Å²) < 4.78 is 1.60. The molecule has 0 unspecified atom stereocenters. The topological polar surface area (TPSA) is 45.5 Å². The molecule has 1 aliphatic carbocycles. The van der Waals surface area contributed by atoms with Gasteiger partial charge in [-0.3, -0.25) is 9.69 Å². The third kappa shape index (κ3) is 5.07. The number of benzene rings is 1. The molecule has 0 radical (unpaired) electrons. The Bertz CT molecular complexity index is 935. The van der Waals surface area contributed by atoms with Crippen molar-refractivity contribution in [3.63, 3.8) is 0 Å². The van der Waals surface area contributed by atoms with Crippen LogP contribution in [0.1, 0.15) is 36.8 Å². The maximum Gasteiger partial charge on any atom is 0.293 e. The number of allylic oxidation sites excluding steroid dienone is 4. The summed E-state index contributed by atoms with van der Waals surface area (Å²) in [7, 11) is 0. The fourth-order valence-electron chi connectivity index (χ4n) is 4.37. The third-order valence-corrected chi connectivity index (χ3v) is 6.12. The van der Waals surface area contributed by atoms with Gasteiger partial charge in [0.25, 0.3) is 5.56 Å². The Balaban J connectivity index is 1.34. The lowest BCUT2D eigenvalue weighted by Crippen LogP contribution is -2.34. The molecule has 4 heteroatoms. The number of pyridine rings is 1. The van der Waals surface area contributed by atoms with Crippen LogP contribution in [0.25, 0.3) is 0 Å². The Morgan fingerprint density at radius 1 is 1.00 bits per heavy atom. The van der Waals surface area contributed by atoms with Crippen molar-refractivity contribution in [2.75, 3.05) is 13.1 Å². The fourth-order valence-corrected chi connectivity index (χ4v) is 4.37. The van der Waals surface area contributed by atoms with Crippen molar-refractivity contribution >= 4 is 0 Å². The van der Waals surface area contributed by atoms with E-state index in [4.69, 9.17) is 0 Å². The number of hydrogen-bond donors (Lipinski definition) is 1. The van der Waals surface area contributed by atoms with Crippen LogP contribution in [0.5, 0.6) is 5.75 Å². The number of aromatic hydroxyl groups is 1. The van der Waals surface area contributed by atoms with Crippen LogP contribution in [0.2, 0.25) is 0 Å². The quantitative estimate of drug-likeness (QED) is 0.801. The first-order chi connectivity index (χ1) is 14.2. The van der Waals surface area contributed by atoms with Crippen LogP contribution in [0.15, 0.2) is 71.2 Å². The molecule has 1 N–H and O–H groups in total. The minimum absolute atomic E-state index is 0.0979. The lowest BCUT2D eigenvalue weighted by atomic mass is 9.90. The Hall–Kier alpha value is -2.59. The highest BCUT2D eigenvalue weighted by atomic mass is 16.3. The van der Waals surface area contributed by atoms with Gasteiger partial charge in [0.2, 0.25) is 0 Å². The van der Waals surface area contributed by atoms with E-state index in [1.54, 1.807) is 4.57 Å². The molecule has 0 saturated carbocycles. The number of hydrogen-bond acceptors (Lipinski definition) is 3. The van der Waals surface area contributed by atoms with Gasteiger partial charge in [-0.25, -0.2) is 0 Å². The zero-order valence-electron chi connectivity index (χ0n) is 17.0. The van der Waals surface area contributed by atoms with Gasteiger partial charge in [-0.05, 0) is 68.3 Å². The molecule has 4 rings (SSSR count). The largest absolute Gasteiger partial charge is 0.503 e. The maximum absolute atomic E-state index is 12.6. The van der Waals surface area contributed by atoms with Crippen LogP contribution in [0.3, 0.4) is 0 Å². The molecule has 1 aliphatic heterocycles. The molecule has 4 nitrogen and oxygen atoms in total. The van der Waals surface area contributed by atoms with E-state index >= 15 is 0 Å². The molecular formula is C25H30N2O2. The molecular weight excluding hydrogens is 360 g/mol. The molecule has 0 atom stereocenters. The second kappa shape index (κ2) is 9.27. The van der Waals surface area contributed by atoms with E-state index in [-0.39, 0.29) is 11.3 Å². The van der Waals surface area contributed by atoms with Crippen LogP contribution in [0.4, 0.5) is 0 Å². The van der Waals surface area contributed by atoms with Crippen LogP contribution < -0.4 is 5.56 Å². The second-order valence-corrected chi connectivity index (χ2v) is 8.29. The van der Waals surface area contributed by atoms with Gasteiger partial charge in [0, 0.05) is 18.3 Å². The highest BCUT2D eigenvalue weighted by Crippen LogP contribution is 2.24. The minimum atomic E-state index is -0.290. The highest BCUT2D eigenvalue weighted by molar-refractivity contribution is 5.30. The normalized spacial score (nSPS) is 18.0. The number of piperidine rings is 1. The van der Waals surface area contributed by atoms with Crippen molar-refractivity contribution in [1.29, 1.82) is 0 Å². The third-order valence-electron chi connectivity index (χ3n) is 6.12. The van der Waals surface area contributed by atoms with Crippen LogP contribution in [-0.4, -0.2) is 27.7 Å². The maximum atomic E-state index is 12.6. The summed E-state index contributed by atoms with van der Waals surface area (Å²) in [6.07, 6.45) is 13.7. The van der Waals surface area contributed by atoms with Crippen molar-refractivity contribution in [2.24, 2.45) is 5.92 Å². The monoisotopic (exact) mass is 390 g/mol. The van der Waals surface area contributed by atoms with E-state index in [1.807, 2.05) is 12.3 Å². The van der Waals surface area contributed by atoms with Crippen molar-refractivity contribution in [2.45, 2.75) is 45.2 Å². The number of nitrogens with zero attached hydrogens (tertiary/aromatic N) is 2. The van der Waals surface area contributed by atoms with Gasteiger partial charge in [0.1, 0.15) is 0 Å². The van der Waals surface area contributed by atoms with E-state index in [0.29, 0.717) is 19.0 Å². The molecule has 2 aliphatic rings. The Kier molecular flexibility index (Phi) is 6.30. The minimum Gasteiger partial charge on any atom is -0.503 e. The molecule has 2 heterocycles. The Labute approximate surface area is 172 Å². The van der Waals surface area contributed by atoms with Gasteiger partial charge >= 0.3 is 0 Å². The van der Waals surface area contributed by atoms with E-state index in [0.717, 1.165) is 56.3 Å². The average Bonchev–Trinajstić information content (AvgIpc) is 2.76. The summed E-state index contributed by atoms with van der Waals surface area (Å²) in [4.78, 5) is 15.0. The van der Waals surface area contributed by atoms with E-state index in [2.05, 4.69) is 53.5 Å². The predicted octanol–water partition coefficient (Wildman–Crippen LogP) is 4.29. The predicted molar refractivity (Wildman–Crippen MR) is 117 cm³/mol. The Morgan fingerprint density at radius 3 is 2.52 bits per heavy atom. The first-order valence-corrected chi connectivity index (χ1v) is 10.7. The molecule has 0 bridgehead atoms. The molecule has 1 fully saturated rings. The number of rotatable bonds is 6. The smallest absolute Gasteiger partial charge is 0.293 e. The second-order valence-electron chi connectivity index (χ2n) is 8.29. The molecule has 1 aromatic heterocycles. The molecule has 152 valence electrons. The molecule has 0 spiro atoms. The first-order valence-electron chi connectivity index (χ1n) is 10.7. The average molecular weight is 391 g/mol. The van der Waals surface area contributed by atoms with Gasteiger partial charge < -0.3 is 9.67 Å². The summed E-state index contributed by atoms with van der Waals surface area (Å²) in [5, 5.41) is 10.5. The standard InChI is InChI=1S/C25H30N2O2/c28-24-23(13-16-27(25(24)29)18-22-9-5-2-6-10-22)19-26-14-11-21(12-15-26)17-20-7-3-1-4-8-20/h1,3-5,7-10,13,16,21,28H,2,6,11-12,14-15,17-19H2. The zero-order chi connectivity index (χ0) is 20.1. The number of likely N-dealkylation sites (tertiary alicyclic amines) is 1. The molecule has 1 saturated heterocycles. The fraction of sp³-hybridized carbons (Fsp3) is 0.400. The van der Waals surface area contributed by atoms with Crippen LogP contribution in [-0.2, 0) is 19.5 Å². The van der Waals surface area contributed by atoms with E-state index < -0.39 is 0 Å². The first kappa shape index (κ1) is 19.7. The van der Waals surface area contributed by atoms with Crippen LogP contribution in [0, 0.1) is 5.92 Å². The van der Waals surface area contributed by atoms with Gasteiger partial charge in [0.05, 0.1) is 6.54 Å². The summed E-state index contributed by atoms with van der Waals surface area (Å²) in [5.74, 6) is 0.617. The lowest BCUT2D eigenvalue weighted by molar-refractivity contribution is 0.175. The van der Waals surface area contributed by atoms with E-state index in [9.17, 15) is 9.90 Å². The molecule has 0 amide bonds. The SMILES string of the molecule is O=c1c(O)c(CN2CCC(Cc3ccccc3)CC2)ccn1CC1=CCCC=C1. The van der Waals surface area contributed by atoms with E-state index in [1.165, 1.54) is 5.56 Å². The molecule has 1 aromatic carbocycles. The summed E-state index contributed by atoms with van der Waals surface area (Å²) in [6, 6.07) is 12.6. The van der Waals surface area contributed by atoms with Gasteiger partial charge in [0.15, 0.2) is 5.75 Å². The molecule has 29 heavy (non-hydrogen) atoms. The zero-order valence-corrected chi connectivity index (χ0v) is 17.0. The van der Waals surface area contributed by atoms with Gasteiger partial charge in [-0.15, -0.1) is 0 Å². The van der Waals surface area contributed by atoms with Crippen molar-refractivity contribution in [3.8, 4) is 5.75 Å². The van der Waals surface area contributed by atoms with Crippen molar-refractivity contribution in [1.82, 2.24) is 9.47 Å². The van der Waals surface area contributed by atoms with Crippen LogP contribution >= 0.6 is 0 Å². The number of aromatic nitrogens is 1. The summed E-state index contributed by atoms with van der Waals surface area (Å²) in [5.41, 5.74) is 2.99. The Morgan fingerprint density at radius 2 is 1.79 bits per heavy atom. The molecule has 2 aromatic rings. The lowest BCUT2D eigenvalue weighted by Gasteiger charge is -2.32.